The Morgan fingerprint density at radius 2 is 2.24 bits per heavy atom. The summed E-state index contributed by atoms with van der Waals surface area (Å²) in [6.07, 6.45) is 1.97. The minimum atomic E-state index is 0.540. The van der Waals surface area contributed by atoms with Crippen LogP contribution >= 0.6 is 11.8 Å². The fraction of sp³-hybridized carbons (Fsp3) is 0.500. The van der Waals surface area contributed by atoms with E-state index in [1.165, 1.54) is 0 Å². The third-order valence-corrected chi connectivity index (χ3v) is 2.94. The van der Waals surface area contributed by atoms with Crippen LogP contribution in [-0.4, -0.2) is 42.4 Å². The molecule has 0 fully saturated rings. The Morgan fingerprint density at radius 3 is 2.82 bits per heavy atom. The number of aliphatic imine (C=N–C) groups is 1. The summed E-state index contributed by atoms with van der Waals surface area (Å²) in [4.78, 5) is 12.9. The van der Waals surface area contributed by atoms with Crippen LogP contribution in [0.25, 0.3) is 0 Å². The Balaban J connectivity index is 2.35. The zero-order valence-electron chi connectivity index (χ0n) is 10.1. The number of ether oxygens (including phenoxy) is 1. The van der Waals surface area contributed by atoms with Gasteiger partial charge >= 0.3 is 0 Å². The number of methoxy groups -OCH3 is 1. The van der Waals surface area contributed by atoms with Crippen molar-refractivity contribution in [3.8, 4) is 5.88 Å². The number of hydrogen-bond donors (Lipinski definition) is 2. The summed E-state index contributed by atoms with van der Waals surface area (Å²) >= 11 is 1.55. The number of thioether (sulfide) groups is 1. The summed E-state index contributed by atoms with van der Waals surface area (Å²) in [5, 5.41) is 7.17. The van der Waals surface area contributed by atoms with E-state index in [9.17, 15) is 0 Å². The first-order valence-corrected chi connectivity index (χ1v) is 6.49. The minimum absolute atomic E-state index is 0.540. The van der Waals surface area contributed by atoms with Gasteiger partial charge in [-0.25, -0.2) is 4.98 Å². The van der Waals surface area contributed by atoms with Gasteiger partial charge in [0.05, 0.1) is 13.7 Å². The summed E-state index contributed by atoms with van der Waals surface area (Å²) in [7, 11) is 1.60. The van der Waals surface area contributed by atoms with E-state index in [0.29, 0.717) is 11.7 Å². The molecule has 0 spiro atoms. The molecule has 1 aromatic rings. The number of anilines is 1. The van der Waals surface area contributed by atoms with Gasteiger partial charge < -0.3 is 15.4 Å². The van der Waals surface area contributed by atoms with Crippen LogP contribution in [0.1, 0.15) is 5.82 Å². The van der Waals surface area contributed by atoms with Crippen molar-refractivity contribution < 1.29 is 4.74 Å². The molecule has 0 unspecified atom stereocenters. The number of aromatic nitrogens is 2. The second-order valence-electron chi connectivity index (χ2n) is 3.45. The second-order valence-corrected chi connectivity index (χ2v) is 4.24. The van der Waals surface area contributed by atoms with Crippen molar-refractivity contribution in [3.63, 3.8) is 0 Å². The third kappa shape index (κ3) is 2.60. The summed E-state index contributed by atoms with van der Waals surface area (Å²) in [5.41, 5.74) is 0.763. The predicted octanol–water partition coefficient (Wildman–Crippen LogP) is 0.887. The van der Waals surface area contributed by atoms with E-state index in [2.05, 4.69) is 25.6 Å². The van der Waals surface area contributed by atoms with E-state index < -0.39 is 0 Å². The van der Waals surface area contributed by atoms with Gasteiger partial charge in [-0.2, -0.15) is 4.98 Å². The lowest BCUT2D eigenvalue weighted by atomic mass is 10.4. The first-order valence-electron chi connectivity index (χ1n) is 5.26. The van der Waals surface area contributed by atoms with Crippen LogP contribution in [0.2, 0.25) is 0 Å². The number of hydrogen-bond acceptors (Lipinski definition) is 7. The molecule has 2 rings (SSSR count). The van der Waals surface area contributed by atoms with Crippen LogP contribution in [0.5, 0.6) is 5.88 Å². The molecule has 0 amide bonds. The lowest BCUT2D eigenvalue weighted by Crippen LogP contribution is -2.27. The molecule has 0 atom stereocenters. The van der Waals surface area contributed by atoms with Gasteiger partial charge in [0.2, 0.25) is 5.88 Å². The normalized spacial score (nSPS) is 14.2. The molecule has 0 aliphatic carbocycles. The lowest BCUT2D eigenvalue weighted by Gasteiger charge is -2.13. The molecule has 0 radical (unpaired) electrons. The van der Waals surface area contributed by atoms with Crippen LogP contribution in [0.4, 0.5) is 5.69 Å². The molecule has 1 aromatic heterocycles. The summed E-state index contributed by atoms with van der Waals surface area (Å²) in [6.45, 7) is 3.48. The van der Waals surface area contributed by atoms with E-state index in [-0.39, 0.29) is 0 Å². The number of nitrogens with zero attached hydrogens (tertiary/aromatic N) is 3. The maximum atomic E-state index is 5.27. The summed E-state index contributed by atoms with van der Waals surface area (Å²) in [6, 6.07) is 0. The molecule has 92 valence electrons. The molecule has 0 bridgehead atoms. The first kappa shape index (κ1) is 12.0. The minimum Gasteiger partial charge on any atom is -0.479 e. The molecule has 17 heavy (non-hydrogen) atoms. The van der Waals surface area contributed by atoms with E-state index in [4.69, 9.17) is 4.74 Å². The Kier molecular flexibility index (Phi) is 3.68. The van der Waals surface area contributed by atoms with Crippen LogP contribution in [0, 0.1) is 6.92 Å². The van der Waals surface area contributed by atoms with Crippen molar-refractivity contribution in [2.24, 2.45) is 4.99 Å². The monoisotopic (exact) mass is 253 g/mol. The number of rotatable bonds is 3. The first-order chi connectivity index (χ1) is 8.24. The van der Waals surface area contributed by atoms with Crippen LogP contribution in [0.3, 0.4) is 0 Å². The Hall–Kier alpha value is -1.50. The fourth-order valence-electron chi connectivity index (χ4n) is 1.52. The maximum Gasteiger partial charge on any atom is 0.242 e. The third-order valence-electron chi connectivity index (χ3n) is 2.26. The zero-order chi connectivity index (χ0) is 12.3. The molecule has 2 heterocycles. The molecule has 7 heteroatoms. The molecule has 0 saturated carbocycles. The van der Waals surface area contributed by atoms with Gasteiger partial charge in [-0.3, -0.25) is 4.99 Å². The topological polar surface area (TPSA) is 71.4 Å². The Labute approximate surface area is 104 Å². The fourth-order valence-corrected chi connectivity index (χ4v) is 2.09. The van der Waals surface area contributed by atoms with E-state index >= 15 is 0 Å². The van der Waals surface area contributed by atoms with Gasteiger partial charge in [0.1, 0.15) is 16.5 Å². The Bertz CT molecular complexity index is 423. The van der Waals surface area contributed by atoms with E-state index in [0.717, 1.165) is 29.8 Å². The second kappa shape index (κ2) is 5.22. The van der Waals surface area contributed by atoms with Gasteiger partial charge in [0.25, 0.3) is 0 Å². The number of guanidine groups is 1. The predicted molar refractivity (Wildman–Crippen MR) is 69.0 cm³/mol. The molecular formula is C10H15N5OS. The number of nitrogens with one attached hydrogen (secondary N) is 2. The largest absolute Gasteiger partial charge is 0.479 e. The van der Waals surface area contributed by atoms with Crippen LogP contribution in [0.15, 0.2) is 10.0 Å². The van der Waals surface area contributed by atoms with Gasteiger partial charge in [0, 0.05) is 6.54 Å². The van der Waals surface area contributed by atoms with Crippen LogP contribution in [-0.2, 0) is 0 Å². The van der Waals surface area contributed by atoms with Gasteiger partial charge in [-0.1, -0.05) is 0 Å². The average molecular weight is 253 g/mol. The molecule has 0 saturated heterocycles. The average Bonchev–Trinajstić information content (AvgIpc) is 2.83. The Morgan fingerprint density at radius 1 is 1.41 bits per heavy atom. The standard InChI is InChI=1S/C10H15N5OS/c1-6-13-8(16-2)7(9(14-6)17-3)15-10-11-4-5-12-10/h4-5H2,1-3H3,(H2,11,12,15). The molecule has 6 nitrogen and oxygen atoms in total. The smallest absolute Gasteiger partial charge is 0.242 e. The van der Waals surface area contributed by atoms with Gasteiger partial charge in [-0.15, -0.1) is 11.8 Å². The van der Waals surface area contributed by atoms with Gasteiger partial charge in [0.15, 0.2) is 5.96 Å². The van der Waals surface area contributed by atoms with E-state index in [1.807, 2.05) is 13.2 Å². The summed E-state index contributed by atoms with van der Waals surface area (Å²) < 4.78 is 5.27. The molecule has 0 aromatic carbocycles. The SMILES string of the molecule is COc1nc(C)nc(SC)c1NC1=NCCN1. The van der Waals surface area contributed by atoms with E-state index in [1.54, 1.807) is 18.9 Å². The highest BCUT2D eigenvalue weighted by molar-refractivity contribution is 7.98. The molecular weight excluding hydrogens is 238 g/mol. The zero-order valence-corrected chi connectivity index (χ0v) is 10.9. The maximum absolute atomic E-state index is 5.27. The van der Waals surface area contributed by atoms with Crippen molar-refractivity contribution in [2.75, 3.05) is 31.8 Å². The number of aryl methyl sites for hydroxylation is 1. The molecule has 1 aliphatic rings. The highest BCUT2D eigenvalue weighted by Crippen LogP contribution is 2.31. The summed E-state index contributed by atoms with van der Waals surface area (Å²) in [5.74, 6) is 1.97. The van der Waals surface area contributed by atoms with Crippen molar-refractivity contribution in [3.05, 3.63) is 5.82 Å². The van der Waals surface area contributed by atoms with Gasteiger partial charge in [-0.05, 0) is 13.2 Å². The van der Waals surface area contributed by atoms with Crippen molar-refractivity contribution in [1.29, 1.82) is 0 Å². The molecule has 1 aliphatic heterocycles. The van der Waals surface area contributed by atoms with Crippen molar-refractivity contribution in [1.82, 2.24) is 15.3 Å². The van der Waals surface area contributed by atoms with Crippen LogP contribution < -0.4 is 15.4 Å². The quantitative estimate of drug-likeness (QED) is 0.615. The molecule has 2 N–H and O–H groups in total. The highest BCUT2D eigenvalue weighted by Gasteiger charge is 2.16. The highest BCUT2D eigenvalue weighted by atomic mass is 32.2. The van der Waals surface area contributed by atoms with Crippen molar-refractivity contribution in [2.45, 2.75) is 11.9 Å². The lowest BCUT2D eigenvalue weighted by molar-refractivity contribution is 0.396. The van der Waals surface area contributed by atoms with Crippen molar-refractivity contribution >= 4 is 23.4 Å².